The zero-order chi connectivity index (χ0) is 15.1. The van der Waals surface area contributed by atoms with Gasteiger partial charge in [0.1, 0.15) is 10.7 Å². The van der Waals surface area contributed by atoms with E-state index in [0.29, 0.717) is 37.3 Å². The number of anilines is 2. The molecule has 1 amide bonds. The normalized spacial score (nSPS) is 14.7. The molecule has 1 aromatic rings. The van der Waals surface area contributed by atoms with Gasteiger partial charge in [0.05, 0.1) is 19.8 Å². The molecule has 0 bridgehead atoms. The molecule has 1 aromatic heterocycles. The highest BCUT2D eigenvalue weighted by atomic mass is 32.1. The summed E-state index contributed by atoms with van der Waals surface area (Å²) in [6.07, 6.45) is 3.55. The molecule has 0 saturated heterocycles. The number of nitrogens with two attached hydrogens (primary N) is 1. The van der Waals surface area contributed by atoms with E-state index < -0.39 is 0 Å². The van der Waals surface area contributed by atoms with Crippen LogP contribution in [0.3, 0.4) is 0 Å². The first-order chi connectivity index (χ1) is 10.2. The fourth-order valence-electron chi connectivity index (χ4n) is 1.84. The molecule has 21 heavy (non-hydrogen) atoms. The Kier molecular flexibility index (Phi) is 6.21. The first-order valence-electron chi connectivity index (χ1n) is 7.08. The van der Waals surface area contributed by atoms with Crippen LogP contribution in [0.25, 0.3) is 0 Å². The van der Waals surface area contributed by atoms with Crippen LogP contribution in [0.2, 0.25) is 0 Å². The Bertz CT molecular complexity index is 462. The first kappa shape index (κ1) is 16.0. The second-order valence-electron chi connectivity index (χ2n) is 4.87. The van der Waals surface area contributed by atoms with E-state index in [0.717, 1.165) is 18.0 Å². The second-order valence-corrected chi connectivity index (χ2v) is 5.87. The molecule has 7 nitrogen and oxygen atoms in total. The lowest BCUT2D eigenvalue weighted by atomic mass is 9.93. The molecule has 1 aliphatic carbocycles. The smallest absolute Gasteiger partial charge is 0.265 e. The summed E-state index contributed by atoms with van der Waals surface area (Å²) in [5.41, 5.74) is 5.80. The van der Waals surface area contributed by atoms with Gasteiger partial charge < -0.3 is 25.8 Å². The Morgan fingerprint density at radius 2 is 2.24 bits per heavy atom. The van der Waals surface area contributed by atoms with Crippen LogP contribution in [-0.2, 0) is 9.47 Å². The summed E-state index contributed by atoms with van der Waals surface area (Å²) in [5, 5.41) is 6.78. The molecule has 0 aromatic carbocycles. The van der Waals surface area contributed by atoms with Gasteiger partial charge in [0.25, 0.3) is 5.91 Å². The molecule has 4 N–H and O–H groups in total. The number of nitrogens with one attached hydrogen (secondary N) is 2. The number of nitrogens with zero attached hydrogens (tertiary/aromatic N) is 1. The van der Waals surface area contributed by atoms with Gasteiger partial charge in [-0.3, -0.25) is 4.79 Å². The van der Waals surface area contributed by atoms with Crippen molar-refractivity contribution in [2.24, 2.45) is 0 Å². The van der Waals surface area contributed by atoms with Crippen molar-refractivity contribution in [3.05, 3.63) is 4.88 Å². The van der Waals surface area contributed by atoms with E-state index in [9.17, 15) is 4.79 Å². The molecule has 1 saturated carbocycles. The van der Waals surface area contributed by atoms with E-state index in [1.807, 2.05) is 0 Å². The largest absolute Gasteiger partial charge is 0.382 e. The number of aromatic nitrogens is 1. The highest BCUT2D eigenvalue weighted by Crippen LogP contribution is 2.29. The van der Waals surface area contributed by atoms with Crippen LogP contribution < -0.4 is 16.4 Å². The topological polar surface area (TPSA) is 98.5 Å². The molecule has 1 aliphatic rings. The number of rotatable bonds is 9. The molecule has 118 valence electrons. The summed E-state index contributed by atoms with van der Waals surface area (Å²) in [4.78, 5) is 16.7. The van der Waals surface area contributed by atoms with E-state index in [1.54, 1.807) is 7.11 Å². The number of carbonyl (C=O) groups is 1. The molecular weight excluding hydrogens is 292 g/mol. The summed E-state index contributed by atoms with van der Waals surface area (Å²) < 4.78 is 10.1. The fraction of sp³-hybridized carbons (Fsp3) is 0.692. The van der Waals surface area contributed by atoms with Crippen molar-refractivity contribution in [2.75, 3.05) is 44.5 Å². The van der Waals surface area contributed by atoms with Gasteiger partial charge in [-0.2, -0.15) is 0 Å². The van der Waals surface area contributed by atoms with Crippen LogP contribution in [0.5, 0.6) is 0 Å². The fourth-order valence-corrected chi connectivity index (χ4v) is 2.72. The number of thiazole rings is 1. The number of methoxy groups -OCH3 is 1. The molecule has 0 aliphatic heterocycles. The zero-order valence-electron chi connectivity index (χ0n) is 12.2. The van der Waals surface area contributed by atoms with Crippen molar-refractivity contribution in [3.63, 3.8) is 0 Å². The zero-order valence-corrected chi connectivity index (χ0v) is 13.0. The maximum absolute atomic E-state index is 12.0. The van der Waals surface area contributed by atoms with Gasteiger partial charge in [0.2, 0.25) is 0 Å². The minimum Gasteiger partial charge on any atom is -0.382 e. The lowest BCUT2D eigenvalue weighted by molar-refractivity contribution is 0.0693. The van der Waals surface area contributed by atoms with Crippen molar-refractivity contribution in [2.45, 2.75) is 25.3 Å². The third-order valence-corrected chi connectivity index (χ3v) is 4.26. The van der Waals surface area contributed by atoms with E-state index in [2.05, 4.69) is 15.6 Å². The van der Waals surface area contributed by atoms with Crippen molar-refractivity contribution in [3.8, 4) is 0 Å². The minimum absolute atomic E-state index is 0.206. The van der Waals surface area contributed by atoms with Gasteiger partial charge >= 0.3 is 0 Å². The quantitative estimate of drug-likeness (QED) is 0.590. The average Bonchev–Trinajstić information content (AvgIpc) is 2.79. The Labute approximate surface area is 128 Å². The van der Waals surface area contributed by atoms with Gasteiger partial charge in [-0.15, -0.1) is 0 Å². The highest BCUT2D eigenvalue weighted by Gasteiger charge is 2.21. The molecule has 1 fully saturated rings. The highest BCUT2D eigenvalue weighted by molar-refractivity contribution is 7.18. The molecule has 0 atom stereocenters. The van der Waals surface area contributed by atoms with E-state index in [-0.39, 0.29) is 11.7 Å². The van der Waals surface area contributed by atoms with E-state index in [1.165, 1.54) is 17.8 Å². The van der Waals surface area contributed by atoms with Crippen LogP contribution in [0.15, 0.2) is 0 Å². The first-order valence-corrected chi connectivity index (χ1v) is 7.90. The van der Waals surface area contributed by atoms with Crippen LogP contribution in [0.4, 0.5) is 10.9 Å². The van der Waals surface area contributed by atoms with Crippen LogP contribution >= 0.6 is 11.3 Å². The molecule has 0 spiro atoms. The summed E-state index contributed by atoms with van der Waals surface area (Å²) in [7, 11) is 1.62. The minimum atomic E-state index is -0.206. The Balaban J connectivity index is 1.73. The monoisotopic (exact) mass is 314 g/mol. The number of amides is 1. The third kappa shape index (κ3) is 4.83. The number of hydrogen-bond donors (Lipinski definition) is 3. The van der Waals surface area contributed by atoms with Crippen LogP contribution in [0.1, 0.15) is 28.9 Å². The second kappa shape index (κ2) is 8.16. The van der Waals surface area contributed by atoms with E-state index in [4.69, 9.17) is 15.2 Å². The number of ether oxygens (including phenoxy) is 2. The summed E-state index contributed by atoms with van der Waals surface area (Å²) in [6.45, 7) is 1.95. The average molecular weight is 314 g/mol. The molecular formula is C13H22N4O3S. The predicted octanol–water partition coefficient (Wildman–Crippen LogP) is 1.08. The van der Waals surface area contributed by atoms with Gasteiger partial charge in [0, 0.05) is 19.7 Å². The maximum Gasteiger partial charge on any atom is 0.265 e. The van der Waals surface area contributed by atoms with Crippen LogP contribution in [-0.4, -0.2) is 50.4 Å². The predicted molar refractivity (Wildman–Crippen MR) is 82.8 cm³/mol. The van der Waals surface area contributed by atoms with Crippen molar-refractivity contribution < 1.29 is 14.3 Å². The molecule has 0 unspecified atom stereocenters. The lowest BCUT2D eigenvalue weighted by Gasteiger charge is -2.25. The molecule has 1 heterocycles. The van der Waals surface area contributed by atoms with Crippen molar-refractivity contribution in [1.82, 2.24) is 10.3 Å². The van der Waals surface area contributed by atoms with E-state index >= 15 is 0 Å². The molecule has 2 rings (SSSR count). The SMILES string of the molecule is COCCOCCNC(=O)c1sc(NC2CCC2)nc1N. The Hall–Kier alpha value is -1.38. The molecule has 8 heteroatoms. The standard InChI is InChI=1S/C13H22N4O3S/c1-19-7-8-20-6-5-15-12(18)10-11(14)17-13(21-10)16-9-3-2-4-9/h9H,2-8,14H2,1H3,(H,15,18)(H,16,17). The summed E-state index contributed by atoms with van der Waals surface area (Å²) in [6, 6.07) is 0.473. The van der Waals surface area contributed by atoms with Gasteiger partial charge in [0.15, 0.2) is 5.13 Å². The Morgan fingerprint density at radius 1 is 1.43 bits per heavy atom. The maximum atomic E-state index is 12.0. The summed E-state index contributed by atoms with van der Waals surface area (Å²) >= 11 is 1.30. The summed E-state index contributed by atoms with van der Waals surface area (Å²) in [5.74, 6) is 0.0709. The van der Waals surface area contributed by atoms with Gasteiger partial charge in [-0.1, -0.05) is 11.3 Å². The number of carbonyl (C=O) groups excluding carboxylic acids is 1. The van der Waals surface area contributed by atoms with Gasteiger partial charge in [-0.05, 0) is 19.3 Å². The lowest BCUT2D eigenvalue weighted by Crippen LogP contribution is -2.27. The third-order valence-electron chi connectivity index (χ3n) is 3.26. The van der Waals surface area contributed by atoms with Crippen molar-refractivity contribution >= 4 is 28.2 Å². The number of hydrogen-bond acceptors (Lipinski definition) is 7. The van der Waals surface area contributed by atoms with Gasteiger partial charge in [-0.25, -0.2) is 4.98 Å². The van der Waals surface area contributed by atoms with Crippen LogP contribution in [0, 0.1) is 0 Å². The number of nitrogen functional groups attached to an aromatic ring is 1. The molecule has 0 radical (unpaired) electrons. The van der Waals surface area contributed by atoms with Crippen molar-refractivity contribution in [1.29, 1.82) is 0 Å². The Morgan fingerprint density at radius 3 is 2.90 bits per heavy atom.